The number of anilines is 1. The van der Waals surface area contributed by atoms with Gasteiger partial charge in [0.25, 0.3) is 0 Å². The van der Waals surface area contributed by atoms with Crippen molar-refractivity contribution in [1.29, 1.82) is 5.26 Å². The van der Waals surface area contributed by atoms with Crippen molar-refractivity contribution >= 4 is 11.9 Å². The van der Waals surface area contributed by atoms with E-state index in [0.717, 1.165) is 56.6 Å². The molecule has 0 bridgehead atoms. The van der Waals surface area contributed by atoms with Crippen molar-refractivity contribution in [1.82, 2.24) is 19.8 Å². The molecule has 1 aromatic heterocycles. The number of nitrogens with zero attached hydrogens (tertiary/aromatic N) is 6. The lowest BCUT2D eigenvalue weighted by Gasteiger charge is -2.44. The predicted octanol–water partition coefficient (Wildman–Crippen LogP) is 4.95. The van der Waals surface area contributed by atoms with E-state index in [1.807, 2.05) is 20.8 Å². The Labute approximate surface area is 256 Å². The third-order valence-electron chi connectivity index (χ3n) is 9.92. The highest BCUT2D eigenvalue weighted by atomic mass is 16.6. The minimum absolute atomic E-state index is 0.203. The molecule has 1 unspecified atom stereocenters. The molecule has 1 spiro atoms. The van der Waals surface area contributed by atoms with E-state index in [4.69, 9.17) is 19.4 Å². The van der Waals surface area contributed by atoms with Crippen molar-refractivity contribution < 1.29 is 14.3 Å². The standard InChI is InChI=1S/C34H46N6O3/c1-33(2,3)43-32(41)40-19-18-39(22-26(40)13-16-35)30-28-12-15-34(14-11-24-8-5-6-9-25(24)20-34)21-29(28)36-31(37-30)42-23-27-10-7-17-38(27)4/h5-6,8-9,26-27H,7,10-15,17-23H2,1-4H3/t26?,27-,34+/m0/s1. The summed E-state index contributed by atoms with van der Waals surface area (Å²) in [4.78, 5) is 29.5. The maximum Gasteiger partial charge on any atom is 0.410 e. The van der Waals surface area contributed by atoms with E-state index in [0.29, 0.717) is 38.3 Å². The lowest BCUT2D eigenvalue weighted by Crippen LogP contribution is -2.56. The van der Waals surface area contributed by atoms with Gasteiger partial charge in [0.15, 0.2) is 0 Å². The van der Waals surface area contributed by atoms with Gasteiger partial charge in [0, 0.05) is 31.2 Å². The molecular formula is C34H46N6O3. The second-order valence-electron chi connectivity index (χ2n) is 14.1. The van der Waals surface area contributed by atoms with Crippen molar-refractivity contribution in [3.8, 4) is 12.1 Å². The molecule has 43 heavy (non-hydrogen) atoms. The zero-order valence-electron chi connectivity index (χ0n) is 26.3. The first kappa shape index (κ1) is 29.7. The third-order valence-corrected chi connectivity index (χ3v) is 9.92. The summed E-state index contributed by atoms with van der Waals surface area (Å²) in [7, 11) is 2.16. The lowest BCUT2D eigenvalue weighted by atomic mass is 9.63. The topological polar surface area (TPSA) is 94.8 Å². The minimum atomic E-state index is -0.591. The molecule has 2 saturated heterocycles. The highest BCUT2D eigenvalue weighted by Crippen LogP contribution is 2.46. The number of likely N-dealkylation sites (tertiary alicyclic amines) is 1. The molecule has 2 aliphatic heterocycles. The van der Waals surface area contributed by atoms with Gasteiger partial charge in [-0.1, -0.05) is 24.3 Å². The fourth-order valence-corrected chi connectivity index (χ4v) is 7.54. The molecule has 3 atom stereocenters. The van der Waals surface area contributed by atoms with E-state index in [1.165, 1.54) is 29.5 Å². The Kier molecular flexibility index (Phi) is 8.25. The van der Waals surface area contributed by atoms with Crippen LogP contribution in [-0.2, 0) is 30.4 Å². The minimum Gasteiger partial charge on any atom is -0.462 e. The second kappa shape index (κ2) is 12.0. The number of aryl methyl sites for hydroxylation is 1. The molecule has 6 rings (SSSR count). The zero-order chi connectivity index (χ0) is 30.2. The second-order valence-corrected chi connectivity index (χ2v) is 14.1. The van der Waals surface area contributed by atoms with Gasteiger partial charge in [-0.15, -0.1) is 0 Å². The van der Waals surface area contributed by atoms with Crippen LogP contribution < -0.4 is 9.64 Å². The van der Waals surface area contributed by atoms with Crippen LogP contribution in [0.2, 0.25) is 0 Å². The first-order chi connectivity index (χ1) is 20.6. The van der Waals surface area contributed by atoms with Gasteiger partial charge < -0.3 is 24.2 Å². The van der Waals surface area contributed by atoms with Crippen LogP contribution in [0.15, 0.2) is 24.3 Å². The molecule has 1 amide bonds. The Morgan fingerprint density at radius 2 is 1.86 bits per heavy atom. The number of rotatable bonds is 5. The van der Waals surface area contributed by atoms with E-state index in [-0.39, 0.29) is 24.0 Å². The molecule has 2 fully saturated rings. The Bertz CT molecular complexity index is 1380. The summed E-state index contributed by atoms with van der Waals surface area (Å²) in [6.07, 6.45) is 8.52. The largest absolute Gasteiger partial charge is 0.462 e. The smallest absolute Gasteiger partial charge is 0.410 e. The molecule has 1 aromatic carbocycles. The molecule has 0 radical (unpaired) electrons. The summed E-state index contributed by atoms with van der Waals surface area (Å²) in [5, 5.41) is 9.65. The summed E-state index contributed by atoms with van der Waals surface area (Å²) in [6.45, 7) is 8.91. The molecule has 4 aliphatic rings. The van der Waals surface area contributed by atoms with Crippen molar-refractivity contribution in [3.05, 3.63) is 46.6 Å². The fraction of sp³-hybridized carbons (Fsp3) is 0.647. The predicted molar refractivity (Wildman–Crippen MR) is 165 cm³/mol. The van der Waals surface area contributed by atoms with Crippen LogP contribution in [0.1, 0.15) is 75.3 Å². The lowest BCUT2D eigenvalue weighted by molar-refractivity contribution is 0.0144. The maximum atomic E-state index is 13.1. The highest BCUT2D eigenvalue weighted by molar-refractivity contribution is 5.69. The van der Waals surface area contributed by atoms with Crippen molar-refractivity contribution in [3.63, 3.8) is 0 Å². The average Bonchev–Trinajstić information content (AvgIpc) is 3.39. The third kappa shape index (κ3) is 6.45. The average molecular weight is 587 g/mol. The quantitative estimate of drug-likeness (QED) is 0.486. The Morgan fingerprint density at radius 3 is 2.60 bits per heavy atom. The first-order valence-electron chi connectivity index (χ1n) is 16.0. The summed E-state index contributed by atoms with van der Waals surface area (Å²) in [5.41, 5.74) is 4.89. The summed E-state index contributed by atoms with van der Waals surface area (Å²) < 4.78 is 12.0. The van der Waals surface area contributed by atoms with Crippen LogP contribution >= 0.6 is 0 Å². The normalized spacial score (nSPS) is 25.7. The van der Waals surface area contributed by atoms with Crippen LogP contribution in [0.25, 0.3) is 0 Å². The Morgan fingerprint density at radius 1 is 1.07 bits per heavy atom. The molecular weight excluding hydrogens is 540 g/mol. The number of carbonyl (C=O) groups excluding carboxylic acids is 1. The van der Waals surface area contributed by atoms with E-state index in [9.17, 15) is 10.1 Å². The molecule has 9 nitrogen and oxygen atoms in total. The number of ether oxygens (including phenoxy) is 2. The van der Waals surface area contributed by atoms with E-state index in [1.54, 1.807) is 4.90 Å². The highest BCUT2D eigenvalue weighted by Gasteiger charge is 2.41. The zero-order valence-corrected chi connectivity index (χ0v) is 26.3. The van der Waals surface area contributed by atoms with Gasteiger partial charge in [-0.2, -0.15) is 15.2 Å². The number of piperazine rings is 1. The SMILES string of the molecule is CN1CCC[C@H]1COc1nc2c(c(N3CCN(C(=O)OC(C)(C)C)C(CC#N)C3)n1)CC[C@@]1(CCc3ccccc3C1)C2. The molecule has 230 valence electrons. The van der Waals surface area contributed by atoms with Crippen LogP contribution in [0.4, 0.5) is 10.6 Å². The Balaban J connectivity index is 1.28. The molecule has 9 heteroatoms. The number of benzene rings is 1. The van der Waals surface area contributed by atoms with Crippen LogP contribution in [-0.4, -0.2) is 83.4 Å². The number of likely N-dealkylation sites (N-methyl/N-ethyl adjacent to an activating group) is 1. The number of carbonyl (C=O) groups is 1. The molecule has 0 saturated carbocycles. The van der Waals surface area contributed by atoms with Gasteiger partial charge in [0.1, 0.15) is 18.0 Å². The molecule has 2 aliphatic carbocycles. The Hall–Kier alpha value is -3.38. The van der Waals surface area contributed by atoms with Gasteiger partial charge in [-0.3, -0.25) is 0 Å². The van der Waals surface area contributed by atoms with Gasteiger partial charge in [-0.25, -0.2) is 4.79 Å². The summed E-state index contributed by atoms with van der Waals surface area (Å²) >= 11 is 0. The van der Waals surface area contributed by atoms with Crippen molar-refractivity contribution in [2.45, 2.75) is 96.2 Å². The van der Waals surface area contributed by atoms with Gasteiger partial charge in [0.2, 0.25) is 0 Å². The van der Waals surface area contributed by atoms with Crippen molar-refractivity contribution in [2.24, 2.45) is 5.41 Å². The van der Waals surface area contributed by atoms with Gasteiger partial charge in [-0.05, 0) is 102 Å². The van der Waals surface area contributed by atoms with E-state index >= 15 is 0 Å². The van der Waals surface area contributed by atoms with Crippen LogP contribution in [0, 0.1) is 16.7 Å². The summed E-state index contributed by atoms with van der Waals surface area (Å²) in [6, 6.07) is 11.7. The fourth-order valence-electron chi connectivity index (χ4n) is 7.54. The number of hydrogen-bond acceptors (Lipinski definition) is 8. The number of aromatic nitrogens is 2. The van der Waals surface area contributed by atoms with E-state index in [2.05, 4.69) is 47.2 Å². The van der Waals surface area contributed by atoms with Crippen molar-refractivity contribution in [2.75, 3.05) is 44.7 Å². The number of nitriles is 1. The van der Waals surface area contributed by atoms with Crippen LogP contribution in [0.5, 0.6) is 6.01 Å². The molecule has 3 heterocycles. The number of amides is 1. The molecule has 0 N–H and O–H groups in total. The van der Waals surface area contributed by atoms with E-state index < -0.39 is 5.60 Å². The summed E-state index contributed by atoms with van der Waals surface area (Å²) in [5.74, 6) is 0.914. The van der Waals surface area contributed by atoms with Gasteiger partial charge in [0.05, 0.1) is 24.2 Å². The van der Waals surface area contributed by atoms with Gasteiger partial charge >= 0.3 is 12.1 Å². The monoisotopic (exact) mass is 586 g/mol. The molecule has 2 aromatic rings. The van der Waals surface area contributed by atoms with Crippen LogP contribution in [0.3, 0.4) is 0 Å². The maximum absolute atomic E-state index is 13.1. The number of fused-ring (bicyclic) bond motifs is 2. The number of hydrogen-bond donors (Lipinski definition) is 0. The first-order valence-corrected chi connectivity index (χ1v) is 16.0.